The number of fused-ring (bicyclic) bond motifs is 1. The first-order chi connectivity index (χ1) is 15.2. The first-order valence-electron chi connectivity index (χ1n) is 10.6. The lowest BCUT2D eigenvalue weighted by Gasteiger charge is -2.33. The molecule has 1 saturated heterocycles. The van der Waals surface area contributed by atoms with Crippen LogP contribution in [0.25, 0.3) is 10.9 Å². The van der Waals surface area contributed by atoms with Crippen molar-refractivity contribution in [2.45, 2.75) is 19.6 Å². The molecule has 1 aliphatic rings. The molecule has 1 aromatic carbocycles. The number of morpholine rings is 1. The normalized spacial score (nSPS) is 17.2. The van der Waals surface area contributed by atoms with Crippen LogP contribution in [-0.2, 0) is 18.3 Å². The number of para-hydroxylation sites is 1. The molecule has 0 bridgehead atoms. The number of aryl methyl sites for hydroxylation is 2. The molecule has 1 N–H and O–H groups in total. The van der Waals surface area contributed by atoms with Crippen molar-refractivity contribution in [3.63, 3.8) is 0 Å². The van der Waals surface area contributed by atoms with Gasteiger partial charge in [-0.1, -0.05) is 24.3 Å². The van der Waals surface area contributed by atoms with E-state index in [1.165, 1.54) is 10.9 Å². The summed E-state index contributed by atoms with van der Waals surface area (Å²) in [4.78, 5) is 11.7. The monoisotopic (exact) mass is 414 g/mol. The van der Waals surface area contributed by atoms with E-state index in [0.29, 0.717) is 6.61 Å². The van der Waals surface area contributed by atoms with Crippen molar-refractivity contribution in [3.05, 3.63) is 77.7 Å². The van der Waals surface area contributed by atoms with E-state index < -0.39 is 0 Å². The van der Waals surface area contributed by atoms with Gasteiger partial charge in [0.05, 0.1) is 17.8 Å². The largest absolute Gasteiger partial charge is 0.369 e. The van der Waals surface area contributed by atoms with Crippen LogP contribution in [0.2, 0.25) is 0 Å². The maximum absolute atomic E-state index is 6.08. The van der Waals surface area contributed by atoms with Gasteiger partial charge in [-0.3, -0.25) is 14.6 Å². The van der Waals surface area contributed by atoms with Crippen molar-refractivity contribution in [1.82, 2.24) is 24.6 Å². The van der Waals surface area contributed by atoms with Crippen LogP contribution in [0.1, 0.15) is 23.1 Å². The predicted octanol–water partition coefficient (Wildman–Crippen LogP) is 3.99. The number of benzene rings is 1. The third kappa shape index (κ3) is 4.28. The molecule has 0 radical (unpaired) electrons. The number of hydrogen-bond donors (Lipinski definition) is 1. The minimum absolute atomic E-state index is 0.0610. The van der Waals surface area contributed by atoms with Gasteiger partial charge in [0, 0.05) is 50.0 Å². The molecule has 1 aliphatic heterocycles. The predicted molar refractivity (Wildman–Crippen MR) is 121 cm³/mol. The summed E-state index contributed by atoms with van der Waals surface area (Å²) in [5.41, 5.74) is 4.35. The minimum Gasteiger partial charge on any atom is -0.369 e. The Morgan fingerprint density at radius 2 is 2.00 bits per heavy atom. The number of rotatable bonds is 5. The highest BCUT2D eigenvalue weighted by Crippen LogP contribution is 2.25. The van der Waals surface area contributed by atoms with Gasteiger partial charge in [-0.2, -0.15) is 5.10 Å². The third-order valence-electron chi connectivity index (χ3n) is 5.75. The van der Waals surface area contributed by atoms with Gasteiger partial charge in [0.25, 0.3) is 0 Å². The van der Waals surface area contributed by atoms with Gasteiger partial charge in [0.15, 0.2) is 5.82 Å². The summed E-state index contributed by atoms with van der Waals surface area (Å²) in [6, 6.07) is 18.4. The number of nitrogens with zero attached hydrogens (tertiary/aromatic N) is 5. The number of nitrogens with one attached hydrogen (secondary N) is 1. The summed E-state index contributed by atoms with van der Waals surface area (Å²) in [6.07, 6.45) is 1.83. The summed E-state index contributed by atoms with van der Waals surface area (Å²) in [5, 5.41) is 8.96. The SMILES string of the molecule is Cc1cc(Nc2cccc([C@H]3CN(Cc4ccnc5ccccc45)CCO3)n2)nn1C. The van der Waals surface area contributed by atoms with E-state index in [9.17, 15) is 0 Å². The molecule has 5 rings (SSSR count). The molecule has 158 valence electrons. The molecule has 1 fully saturated rings. The standard InChI is InChI=1S/C24H26N6O/c1-17-14-24(28-29(17)2)27-23-9-5-8-21(26-23)22-16-30(12-13-31-22)15-18-10-11-25-20-7-4-3-6-19(18)20/h3-11,14,22H,12-13,15-16H2,1-2H3,(H,26,27,28)/t22-/m1/s1. The highest BCUT2D eigenvalue weighted by Gasteiger charge is 2.24. The second-order valence-electron chi connectivity index (χ2n) is 7.95. The molecule has 0 aliphatic carbocycles. The number of aromatic nitrogens is 4. The van der Waals surface area contributed by atoms with E-state index in [0.717, 1.165) is 48.2 Å². The van der Waals surface area contributed by atoms with E-state index in [1.807, 2.05) is 55.2 Å². The Bertz CT molecular complexity index is 1180. The van der Waals surface area contributed by atoms with Crippen molar-refractivity contribution in [2.24, 2.45) is 7.05 Å². The second kappa shape index (κ2) is 8.45. The molecule has 1 atom stereocenters. The van der Waals surface area contributed by atoms with Gasteiger partial charge in [0.2, 0.25) is 0 Å². The van der Waals surface area contributed by atoms with Crippen molar-refractivity contribution >= 4 is 22.5 Å². The number of ether oxygens (including phenoxy) is 1. The molecule has 7 heteroatoms. The Balaban J connectivity index is 1.31. The van der Waals surface area contributed by atoms with Gasteiger partial charge in [-0.15, -0.1) is 0 Å². The summed E-state index contributed by atoms with van der Waals surface area (Å²) >= 11 is 0. The van der Waals surface area contributed by atoms with Crippen LogP contribution in [0, 0.1) is 6.92 Å². The zero-order valence-corrected chi connectivity index (χ0v) is 17.8. The summed E-state index contributed by atoms with van der Waals surface area (Å²) in [5.74, 6) is 1.57. The second-order valence-corrected chi connectivity index (χ2v) is 7.95. The van der Waals surface area contributed by atoms with Crippen LogP contribution in [0.3, 0.4) is 0 Å². The minimum atomic E-state index is -0.0610. The lowest BCUT2D eigenvalue weighted by Crippen LogP contribution is -2.38. The average Bonchev–Trinajstić information content (AvgIpc) is 3.11. The Hall–Kier alpha value is -3.29. The summed E-state index contributed by atoms with van der Waals surface area (Å²) in [6.45, 7) is 5.28. The zero-order valence-electron chi connectivity index (χ0n) is 17.8. The fraction of sp³-hybridized carbons (Fsp3) is 0.292. The fourth-order valence-corrected chi connectivity index (χ4v) is 4.01. The maximum atomic E-state index is 6.08. The zero-order chi connectivity index (χ0) is 21.2. The molecule has 31 heavy (non-hydrogen) atoms. The smallest absolute Gasteiger partial charge is 0.153 e. The number of hydrogen-bond acceptors (Lipinski definition) is 6. The van der Waals surface area contributed by atoms with Gasteiger partial charge < -0.3 is 10.1 Å². The van der Waals surface area contributed by atoms with E-state index in [2.05, 4.69) is 44.6 Å². The maximum Gasteiger partial charge on any atom is 0.153 e. The van der Waals surface area contributed by atoms with Crippen LogP contribution in [0.4, 0.5) is 11.6 Å². The molecule has 0 amide bonds. The molecule has 0 spiro atoms. The third-order valence-corrected chi connectivity index (χ3v) is 5.75. The van der Waals surface area contributed by atoms with Crippen LogP contribution >= 0.6 is 0 Å². The molecular formula is C24H26N6O. The summed E-state index contributed by atoms with van der Waals surface area (Å²) < 4.78 is 7.93. The number of anilines is 2. The van der Waals surface area contributed by atoms with Gasteiger partial charge >= 0.3 is 0 Å². The average molecular weight is 415 g/mol. The van der Waals surface area contributed by atoms with Crippen molar-refractivity contribution in [1.29, 1.82) is 0 Å². The Morgan fingerprint density at radius 1 is 1.10 bits per heavy atom. The van der Waals surface area contributed by atoms with Crippen LogP contribution < -0.4 is 5.32 Å². The first-order valence-corrected chi connectivity index (χ1v) is 10.6. The summed E-state index contributed by atoms with van der Waals surface area (Å²) in [7, 11) is 1.93. The molecular weight excluding hydrogens is 388 g/mol. The van der Waals surface area contributed by atoms with Crippen molar-refractivity contribution in [2.75, 3.05) is 25.0 Å². The van der Waals surface area contributed by atoms with E-state index in [4.69, 9.17) is 9.72 Å². The lowest BCUT2D eigenvalue weighted by molar-refractivity contribution is -0.0348. The Morgan fingerprint density at radius 3 is 2.87 bits per heavy atom. The van der Waals surface area contributed by atoms with Gasteiger partial charge in [-0.05, 0) is 36.8 Å². The van der Waals surface area contributed by atoms with Crippen LogP contribution in [0.15, 0.2) is 60.8 Å². The molecule has 0 saturated carbocycles. The van der Waals surface area contributed by atoms with Crippen molar-refractivity contribution in [3.8, 4) is 0 Å². The Kier molecular flexibility index (Phi) is 5.36. The van der Waals surface area contributed by atoms with Gasteiger partial charge in [0.1, 0.15) is 11.9 Å². The van der Waals surface area contributed by atoms with E-state index in [-0.39, 0.29) is 6.10 Å². The topological polar surface area (TPSA) is 68.1 Å². The van der Waals surface area contributed by atoms with Crippen molar-refractivity contribution < 1.29 is 4.74 Å². The van der Waals surface area contributed by atoms with E-state index >= 15 is 0 Å². The Labute approximate surface area is 181 Å². The number of pyridine rings is 2. The highest BCUT2D eigenvalue weighted by molar-refractivity contribution is 5.81. The van der Waals surface area contributed by atoms with E-state index in [1.54, 1.807) is 0 Å². The molecule has 0 unspecified atom stereocenters. The quantitative estimate of drug-likeness (QED) is 0.533. The molecule has 7 nitrogen and oxygen atoms in total. The molecule has 4 aromatic rings. The highest BCUT2D eigenvalue weighted by atomic mass is 16.5. The molecule has 3 aromatic heterocycles. The van der Waals surface area contributed by atoms with Crippen LogP contribution in [-0.4, -0.2) is 44.3 Å². The van der Waals surface area contributed by atoms with Crippen LogP contribution in [0.5, 0.6) is 0 Å². The lowest BCUT2D eigenvalue weighted by atomic mass is 10.1. The first kappa shape index (κ1) is 19.7. The fourth-order valence-electron chi connectivity index (χ4n) is 4.01. The van der Waals surface area contributed by atoms with Gasteiger partial charge in [-0.25, -0.2) is 4.98 Å². The molecule has 4 heterocycles.